The molecule has 0 aliphatic heterocycles. The molecule has 132 valence electrons. The summed E-state index contributed by atoms with van der Waals surface area (Å²) in [6.45, 7) is 1.69. The van der Waals surface area contributed by atoms with Gasteiger partial charge < -0.3 is 9.88 Å². The van der Waals surface area contributed by atoms with E-state index in [1.807, 2.05) is 0 Å². The maximum Gasteiger partial charge on any atom is 0.416 e. The number of rotatable bonds is 3. The molecule has 1 amide bonds. The standard InChI is InChI=1S/C18H17F3N2O2/c1-10-7-8-23(2)17(25)15(10)22-16(24)13-9-12(13)11-5-3-4-6-14(11)18(19,20)21/h3-8,12-13H,9H2,1-2H3,(H,22,24). The molecule has 3 rings (SSSR count). The third kappa shape index (κ3) is 3.31. The van der Waals surface area contributed by atoms with E-state index >= 15 is 0 Å². The van der Waals surface area contributed by atoms with E-state index in [2.05, 4.69) is 5.32 Å². The van der Waals surface area contributed by atoms with E-state index in [0.29, 0.717) is 12.0 Å². The highest BCUT2D eigenvalue weighted by molar-refractivity contribution is 5.95. The first-order valence-electron chi connectivity index (χ1n) is 7.83. The molecule has 1 aromatic heterocycles. The first kappa shape index (κ1) is 17.3. The summed E-state index contributed by atoms with van der Waals surface area (Å²) in [7, 11) is 1.57. The third-order valence-electron chi connectivity index (χ3n) is 4.52. The lowest BCUT2D eigenvalue weighted by Crippen LogP contribution is -2.26. The molecular weight excluding hydrogens is 333 g/mol. The summed E-state index contributed by atoms with van der Waals surface area (Å²) in [5.41, 5.74) is -0.134. The predicted octanol–water partition coefficient (Wildman–Crippen LogP) is 3.45. The van der Waals surface area contributed by atoms with Crippen molar-refractivity contribution in [3.63, 3.8) is 0 Å². The summed E-state index contributed by atoms with van der Waals surface area (Å²) >= 11 is 0. The van der Waals surface area contributed by atoms with Gasteiger partial charge in [-0.05, 0) is 42.5 Å². The molecule has 1 heterocycles. The van der Waals surface area contributed by atoms with Crippen molar-refractivity contribution in [3.05, 3.63) is 63.6 Å². The van der Waals surface area contributed by atoms with Crippen molar-refractivity contribution in [2.75, 3.05) is 5.32 Å². The van der Waals surface area contributed by atoms with Crippen LogP contribution in [0.5, 0.6) is 0 Å². The van der Waals surface area contributed by atoms with Gasteiger partial charge in [-0.25, -0.2) is 0 Å². The molecule has 0 spiro atoms. The first-order chi connectivity index (χ1) is 11.7. The van der Waals surface area contributed by atoms with Crippen LogP contribution in [0.4, 0.5) is 18.9 Å². The second-order valence-corrected chi connectivity index (χ2v) is 6.31. The fourth-order valence-corrected chi connectivity index (χ4v) is 2.99. The van der Waals surface area contributed by atoms with Crippen molar-refractivity contribution >= 4 is 11.6 Å². The molecule has 7 heteroatoms. The van der Waals surface area contributed by atoms with Crippen LogP contribution in [0, 0.1) is 12.8 Å². The number of amides is 1. The summed E-state index contributed by atoms with van der Waals surface area (Å²) in [6.07, 6.45) is -2.52. The summed E-state index contributed by atoms with van der Waals surface area (Å²) in [6, 6.07) is 7.00. The van der Waals surface area contributed by atoms with Crippen molar-refractivity contribution in [2.24, 2.45) is 13.0 Å². The van der Waals surface area contributed by atoms with E-state index in [1.165, 1.54) is 22.8 Å². The number of pyridine rings is 1. The molecule has 1 fully saturated rings. The Bertz CT molecular complexity index is 887. The Balaban J connectivity index is 1.81. The van der Waals surface area contributed by atoms with Crippen molar-refractivity contribution in [1.82, 2.24) is 4.57 Å². The van der Waals surface area contributed by atoms with Crippen LogP contribution in [0.1, 0.15) is 29.0 Å². The Labute approximate surface area is 142 Å². The van der Waals surface area contributed by atoms with Gasteiger partial charge in [0.15, 0.2) is 0 Å². The Hall–Kier alpha value is -2.57. The van der Waals surface area contributed by atoms with E-state index in [9.17, 15) is 22.8 Å². The monoisotopic (exact) mass is 350 g/mol. The summed E-state index contributed by atoms with van der Waals surface area (Å²) in [4.78, 5) is 24.5. The van der Waals surface area contributed by atoms with Gasteiger partial charge in [0.1, 0.15) is 5.69 Å². The second-order valence-electron chi connectivity index (χ2n) is 6.31. The van der Waals surface area contributed by atoms with Gasteiger partial charge in [0, 0.05) is 19.2 Å². The van der Waals surface area contributed by atoms with Gasteiger partial charge in [-0.2, -0.15) is 13.2 Å². The van der Waals surface area contributed by atoms with Crippen LogP contribution in [0.2, 0.25) is 0 Å². The fraction of sp³-hybridized carbons (Fsp3) is 0.333. The minimum absolute atomic E-state index is 0.132. The van der Waals surface area contributed by atoms with Crippen molar-refractivity contribution in [2.45, 2.75) is 25.4 Å². The predicted molar refractivity (Wildman–Crippen MR) is 87.3 cm³/mol. The molecule has 0 radical (unpaired) electrons. The molecule has 1 aliphatic carbocycles. The molecule has 0 bridgehead atoms. The number of benzene rings is 1. The summed E-state index contributed by atoms with van der Waals surface area (Å²) in [5, 5.41) is 2.59. The third-order valence-corrected chi connectivity index (χ3v) is 4.52. The number of carbonyl (C=O) groups is 1. The van der Waals surface area contributed by atoms with Crippen LogP contribution in [0.3, 0.4) is 0 Å². The average Bonchev–Trinajstić information content (AvgIpc) is 3.35. The number of aryl methyl sites for hydroxylation is 2. The average molecular weight is 350 g/mol. The Morgan fingerprint density at radius 3 is 2.60 bits per heavy atom. The van der Waals surface area contributed by atoms with E-state index in [4.69, 9.17) is 0 Å². The highest BCUT2D eigenvalue weighted by Gasteiger charge is 2.48. The number of aromatic nitrogens is 1. The largest absolute Gasteiger partial charge is 0.416 e. The fourth-order valence-electron chi connectivity index (χ4n) is 2.99. The zero-order chi connectivity index (χ0) is 18.4. The number of carbonyl (C=O) groups excluding carboxylic acids is 1. The minimum Gasteiger partial charge on any atom is -0.321 e. The van der Waals surface area contributed by atoms with Gasteiger partial charge in [-0.15, -0.1) is 0 Å². The van der Waals surface area contributed by atoms with E-state index in [1.54, 1.807) is 26.2 Å². The first-order valence-corrected chi connectivity index (χ1v) is 7.83. The SMILES string of the molecule is Cc1ccn(C)c(=O)c1NC(=O)C1CC1c1ccccc1C(F)(F)F. The molecule has 25 heavy (non-hydrogen) atoms. The number of anilines is 1. The molecule has 0 saturated heterocycles. The van der Waals surface area contributed by atoms with E-state index in [-0.39, 0.29) is 16.8 Å². The van der Waals surface area contributed by atoms with Crippen molar-refractivity contribution in [1.29, 1.82) is 0 Å². The Morgan fingerprint density at radius 2 is 1.92 bits per heavy atom. The minimum atomic E-state index is -4.45. The van der Waals surface area contributed by atoms with Gasteiger partial charge in [0.2, 0.25) is 5.91 Å². The van der Waals surface area contributed by atoms with Crippen molar-refractivity contribution < 1.29 is 18.0 Å². The van der Waals surface area contributed by atoms with E-state index < -0.39 is 29.5 Å². The van der Waals surface area contributed by atoms with Gasteiger partial charge >= 0.3 is 6.18 Å². The quantitative estimate of drug-likeness (QED) is 0.922. The molecule has 1 saturated carbocycles. The zero-order valence-electron chi connectivity index (χ0n) is 13.7. The molecule has 2 atom stereocenters. The summed E-state index contributed by atoms with van der Waals surface area (Å²) < 4.78 is 40.7. The van der Waals surface area contributed by atoms with Crippen LogP contribution in [0.25, 0.3) is 0 Å². The Morgan fingerprint density at radius 1 is 1.24 bits per heavy atom. The van der Waals surface area contributed by atoms with Gasteiger partial charge in [0.05, 0.1) is 5.56 Å². The lowest BCUT2D eigenvalue weighted by atomic mass is 10.0. The molecule has 2 unspecified atom stereocenters. The number of nitrogens with zero attached hydrogens (tertiary/aromatic N) is 1. The topological polar surface area (TPSA) is 51.1 Å². The molecule has 1 aromatic carbocycles. The van der Waals surface area contributed by atoms with Crippen LogP contribution in [-0.4, -0.2) is 10.5 Å². The molecule has 1 N–H and O–H groups in total. The van der Waals surface area contributed by atoms with Crippen LogP contribution in [0.15, 0.2) is 41.3 Å². The van der Waals surface area contributed by atoms with Gasteiger partial charge in [0.25, 0.3) is 5.56 Å². The summed E-state index contributed by atoms with van der Waals surface area (Å²) in [5.74, 6) is -1.47. The smallest absolute Gasteiger partial charge is 0.321 e. The number of nitrogens with one attached hydrogen (secondary N) is 1. The maximum absolute atomic E-state index is 13.1. The van der Waals surface area contributed by atoms with Crippen LogP contribution < -0.4 is 10.9 Å². The molecule has 4 nitrogen and oxygen atoms in total. The molecule has 1 aliphatic rings. The maximum atomic E-state index is 13.1. The second kappa shape index (κ2) is 6.06. The zero-order valence-corrected chi connectivity index (χ0v) is 13.7. The van der Waals surface area contributed by atoms with Crippen LogP contribution >= 0.6 is 0 Å². The molecule has 2 aromatic rings. The van der Waals surface area contributed by atoms with Crippen molar-refractivity contribution in [3.8, 4) is 0 Å². The number of hydrogen-bond acceptors (Lipinski definition) is 2. The molecular formula is C18H17F3N2O2. The van der Waals surface area contributed by atoms with Gasteiger partial charge in [-0.1, -0.05) is 18.2 Å². The lowest BCUT2D eigenvalue weighted by Gasteiger charge is -2.13. The lowest BCUT2D eigenvalue weighted by molar-refractivity contribution is -0.138. The highest BCUT2D eigenvalue weighted by atomic mass is 19.4. The highest BCUT2D eigenvalue weighted by Crippen LogP contribution is 2.51. The number of alkyl halides is 3. The van der Waals surface area contributed by atoms with Gasteiger partial charge in [-0.3, -0.25) is 9.59 Å². The normalized spacial score (nSPS) is 19.6. The Kier molecular flexibility index (Phi) is 4.18. The van der Waals surface area contributed by atoms with Crippen LogP contribution in [-0.2, 0) is 18.0 Å². The van der Waals surface area contributed by atoms with E-state index in [0.717, 1.165) is 6.07 Å². The number of halogens is 3. The number of hydrogen-bond donors (Lipinski definition) is 1.